The Kier molecular flexibility index (Phi) is 8.66. The van der Waals surface area contributed by atoms with Crippen LogP contribution in [0.15, 0.2) is 53.9 Å². The van der Waals surface area contributed by atoms with Gasteiger partial charge in [0.15, 0.2) is 0 Å². The van der Waals surface area contributed by atoms with Gasteiger partial charge in [0.05, 0.1) is 18.0 Å². The van der Waals surface area contributed by atoms with Crippen molar-refractivity contribution in [2.75, 3.05) is 13.1 Å². The minimum atomic E-state index is -0.566. The van der Waals surface area contributed by atoms with Crippen LogP contribution in [0.5, 0.6) is 0 Å². The zero-order valence-corrected chi connectivity index (χ0v) is 19.3. The van der Waals surface area contributed by atoms with Crippen LogP contribution < -0.4 is 16.0 Å². The number of rotatable bonds is 10. The minimum absolute atomic E-state index is 0.104. The number of benzene rings is 2. The number of carbonyl (C=O) groups excluding carboxylic acids is 3. The van der Waals surface area contributed by atoms with Crippen LogP contribution in [0.2, 0.25) is 5.02 Å². The van der Waals surface area contributed by atoms with Crippen molar-refractivity contribution >= 4 is 46.3 Å². The summed E-state index contributed by atoms with van der Waals surface area (Å²) in [4.78, 5) is 50.6. The molecule has 0 unspecified atom stereocenters. The van der Waals surface area contributed by atoms with Gasteiger partial charge in [-0.3, -0.25) is 24.5 Å². The molecule has 12 heteroatoms. The van der Waals surface area contributed by atoms with Crippen molar-refractivity contribution < 1.29 is 19.3 Å². The summed E-state index contributed by atoms with van der Waals surface area (Å²) in [7, 11) is 0. The molecule has 3 N–H and O–H groups in total. The van der Waals surface area contributed by atoms with Crippen LogP contribution in [0.4, 0.5) is 5.69 Å². The molecule has 0 atom stereocenters. The van der Waals surface area contributed by atoms with E-state index in [1.807, 2.05) is 18.2 Å². The lowest BCUT2D eigenvalue weighted by Gasteiger charge is -2.06. The second-order valence-electron chi connectivity index (χ2n) is 7.03. The lowest BCUT2D eigenvalue weighted by atomic mass is 10.1. The number of nitrogens with one attached hydrogen (secondary N) is 3. The maximum atomic E-state index is 12.3. The Morgan fingerprint density at radius 3 is 2.50 bits per heavy atom. The van der Waals surface area contributed by atoms with E-state index in [0.717, 1.165) is 5.56 Å². The highest BCUT2D eigenvalue weighted by Gasteiger charge is 2.13. The fraction of sp³-hybridized carbons (Fsp3) is 0.182. The van der Waals surface area contributed by atoms with E-state index in [2.05, 4.69) is 20.9 Å². The van der Waals surface area contributed by atoms with Gasteiger partial charge in [-0.15, -0.1) is 11.3 Å². The molecule has 0 radical (unpaired) electrons. The normalized spacial score (nSPS) is 10.4. The van der Waals surface area contributed by atoms with Crippen LogP contribution in [-0.4, -0.2) is 40.7 Å². The van der Waals surface area contributed by atoms with Crippen LogP contribution in [-0.2, 0) is 17.8 Å². The molecule has 3 aromatic rings. The number of aromatic nitrogens is 1. The highest BCUT2D eigenvalue weighted by molar-refractivity contribution is 7.09. The van der Waals surface area contributed by atoms with Crippen molar-refractivity contribution in [2.45, 2.75) is 13.0 Å². The van der Waals surface area contributed by atoms with Gasteiger partial charge in [-0.25, -0.2) is 4.98 Å². The molecular formula is C22H20ClN5O5S. The Labute approximate surface area is 203 Å². The maximum Gasteiger partial charge on any atom is 0.270 e. The molecule has 0 saturated heterocycles. The number of amides is 3. The van der Waals surface area contributed by atoms with Crippen LogP contribution in [0.1, 0.15) is 31.4 Å². The Balaban J connectivity index is 1.38. The monoisotopic (exact) mass is 501 g/mol. The zero-order valence-electron chi connectivity index (χ0n) is 17.7. The first-order valence-corrected chi connectivity index (χ1v) is 11.3. The average molecular weight is 502 g/mol. The van der Waals surface area contributed by atoms with E-state index >= 15 is 0 Å². The molecule has 176 valence electrons. The number of hydrogen-bond donors (Lipinski definition) is 3. The van der Waals surface area contributed by atoms with Crippen molar-refractivity contribution in [1.82, 2.24) is 20.9 Å². The second-order valence-corrected chi connectivity index (χ2v) is 8.40. The summed E-state index contributed by atoms with van der Waals surface area (Å²) in [5.41, 5.74) is 1.33. The number of nitro benzene ring substituents is 1. The van der Waals surface area contributed by atoms with Crippen molar-refractivity contribution in [3.63, 3.8) is 0 Å². The molecule has 10 nitrogen and oxygen atoms in total. The molecule has 2 aromatic carbocycles. The molecular weight excluding hydrogens is 482 g/mol. The van der Waals surface area contributed by atoms with E-state index in [0.29, 0.717) is 23.0 Å². The molecule has 0 aliphatic carbocycles. The molecule has 0 aliphatic heterocycles. The van der Waals surface area contributed by atoms with Crippen molar-refractivity contribution in [3.8, 4) is 0 Å². The standard InChI is InChI=1S/C22H20ClN5O5S/c23-16-3-1-2-14(10-16)8-9-24-22(31)18-13-34-20(27-18)12-25-19(29)11-26-21(30)15-4-6-17(7-5-15)28(32)33/h1-7,10,13H,8-9,11-12H2,(H,24,31)(H,25,29)(H,26,30). The van der Waals surface area contributed by atoms with Gasteiger partial charge in [-0.05, 0) is 36.2 Å². The van der Waals surface area contributed by atoms with Gasteiger partial charge in [0.25, 0.3) is 17.5 Å². The van der Waals surface area contributed by atoms with Crippen molar-refractivity contribution in [1.29, 1.82) is 0 Å². The van der Waals surface area contributed by atoms with E-state index in [1.165, 1.54) is 35.6 Å². The summed E-state index contributed by atoms with van der Waals surface area (Å²) >= 11 is 7.18. The zero-order chi connectivity index (χ0) is 24.5. The smallest absolute Gasteiger partial charge is 0.270 e. The first-order chi connectivity index (χ1) is 16.3. The lowest BCUT2D eigenvalue weighted by molar-refractivity contribution is -0.384. The molecule has 3 amide bonds. The number of halogens is 1. The predicted molar refractivity (Wildman–Crippen MR) is 127 cm³/mol. The van der Waals surface area contributed by atoms with E-state index in [9.17, 15) is 24.5 Å². The fourth-order valence-electron chi connectivity index (χ4n) is 2.83. The van der Waals surface area contributed by atoms with E-state index in [-0.39, 0.29) is 35.9 Å². The maximum absolute atomic E-state index is 12.3. The average Bonchev–Trinajstić information content (AvgIpc) is 3.30. The van der Waals surface area contributed by atoms with Gasteiger partial charge >= 0.3 is 0 Å². The quantitative estimate of drug-likeness (QED) is 0.288. The summed E-state index contributed by atoms with van der Waals surface area (Å²) in [6.07, 6.45) is 0.630. The Morgan fingerprint density at radius 2 is 1.79 bits per heavy atom. The van der Waals surface area contributed by atoms with Crippen LogP contribution in [0.25, 0.3) is 0 Å². The summed E-state index contributed by atoms with van der Waals surface area (Å²) in [5.74, 6) is -1.29. The fourth-order valence-corrected chi connectivity index (χ4v) is 3.76. The summed E-state index contributed by atoms with van der Waals surface area (Å²) in [6.45, 7) is 0.252. The topological polar surface area (TPSA) is 143 Å². The number of nitrogens with zero attached hydrogens (tertiary/aromatic N) is 2. The summed E-state index contributed by atoms with van der Waals surface area (Å²) in [5, 5.41) is 21.3. The predicted octanol–water partition coefficient (Wildman–Crippen LogP) is 2.72. The Hall–Kier alpha value is -3.83. The van der Waals surface area contributed by atoms with Crippen molar-refractivity contribution in [3.05, 3.63) is 90.9 Å². The van der Waals surface area contributed by atoms with Gasteiger partial charge in [0.2, 0.25) is 5.91 Å². The Bertz CT molecular complexity index is 1200. The molecule has 0 fully saturated rings. The first-order valence-electron chi connectivity index (χ1n) is 10.1. The molecule has 1 aromatic heterocycles. The van der Waals surface area contributed by atoms with Crippen LogP contribution >= 0.6 is 22.9 Å². The molecule has 0 bridgehead atoms. The molecule has 34 heavy (non-hydrogen) atoms. The van der Waals surface area contributed by atoms with E-state index < -0.39 is 16.7 Å². The van der Waals surface area contributed by atoms with Gasteiger partial charge in [0, 0.05) is 34.6 Å². The number of hydrogen-bond acceptors (Lipinski definition) is 7. The third-order valence-electron chi connectivity index (χ3n) is 4.56. The van der Waals surface area contributed by atoms with Gasteiger partial charge in [0.1, 0.15) is 10.7 Å². The van der Waals surface area contributed by atoms with Crippen LogP contribution in [0, 0.1) is 10.1 Å². The first kappa shape index (κ1) is 24.8. The molecule has 0 saturated carbocycles. The van der Waals surface area contributed by atoms with E-state index in [4.69, 9.17) is 11.6 Å². The van der Waals surface area contributed by atoms with Gasteiger partial charge < -0.3 is 16.0 Å². The number of nitro groups is 1. The molecule has 1 heterocycles. The summed E-state index contributed by atoms with van der Waals surface area (Å²) < 4.78 is 0. The molecule has 0 aliphatic rings. The third-order valence-corrected chi connectivity index (χ3v) is 5.64. The molecule has 0 spiro atoms. The SMILES string of the molecule is O=C(CNC(=O)c1ccc([N+](=O)[O-])cc1)NCc1nc(C(=O)NCCc2cccc(Cl)c2)cs1. The largest absolute Gasteiger partial charge is 0.350 e. The van der Waals surface area contributed by atoms with Gasteiger partial charge in [-0.2, -0.15) is 0 Å². The number of thiazole rings is 1. The highest BCUT2D eigenvalue weighted by Crippen LogP contribution is 2.13. The Morgan fingerprint density at radius 1 is 1.03 bits per heavy atom. The number of non-ortho nitro benzene ring substituents is 1. The number of carbonyl (C=O) groups is 3. The van der Waals surface area contributed by atoms with Crippen LogP contribution in [0.3, 0.4) is 0 Å². The minimum Gasteiger partial charge on any atom is -0.350 e. The summed E-state index contributed by atoms with van der Waals surface area (Å²) in [6, 6.07) is 12.4. The molecule has 3 rings (SSSR count). The third kappa shape index (κ3) is 7.36. The highest BCUT2D eigenvalue weighted by atomic mass is 35.5. The van der Waals surface area contributed by atoms with Crippen molar-refractivity contribution in [2.24, 2.45) is 0 Å². The van der Waals surface area contributed by atoms with E-state index in [1.54, 1.807) is 11.4 Å². The lowest BCUT2D eigenvalue weighted by Crippen LogP contribution is -2.36. The second kappa shape index (κ2) is 11.9. The van der Waals surface area contributed by atoms with Gasteiger partial charge in [-0.1, -0.05) is 23.7 Å².